The fourth-order valence-electron chi connectivity index (χ4n) is 1.91. The van der Waals surface area contributed by atoms with Crippen LogP contribution in [0.3, 0.4) is 0 Å². The van der Waals surface area contributed by atoms with Gasteiger partial charge in [-0.05, 0) is 29.8 Å². The Kier molecular flexibility index (Phi) is 3.65. The predicted molar refractivity (Wildman–Crippen MR) is 80.3 cm³/mol. The summed E-state index contributed by atoms with van der Waals surface area (Å²) in [5.74, 6) is 0.844. The molecule has 4 nitrogen and oxygen atoms in total. The molecule has 1 heterocycles. The summed E-state index contributed by atoms with van der Waals surface area (Å²) in [6, 6.07) is 17.7. The molecule has 0 aliphatic rings. The first-order chi connectivity index (χ1) is 9.81. The Hall–Kier alpha value is -2.33. The van der Waals surface area contributed by atoms with Gasteiger partial charge in [-0.25, -0.2) is 4.68 Å². The number of anilines is 2. The molecule has 0 radical (unpaired) electrons. The van der Waals surface area contributed by atoms with Crippen LogP contribution in [0.5, 0.6) is 0 Å². The summed E-state index contributed by atoms with van der Waals surface area (Å²) in [7, 11) is 0. The third kappa shape index (κ3) is 2.97. The Bertz CT molecular complexity index is 677. The van der Waals surface area contributed by atoms with Crippen LogP contribution in [0.4, 0.5) is 11.5 Å². The Morgan fingerprint density at radius 1 is 1.00 bits per heavy atom. The maximum absolute atomic E-state index is 5.87. The van der Waals surface area contributed by atoms with Crippen LogP contribution >= 0.6 is 11.6 Å². The van der Waals surface area contributed by atoms with E-state index < -0.39 is 0 Å². The summed E-state index contributed by atoms with van der Waals surface area (Å²) in [6.45, 7) is 0.677. The highest BCUT2D eigenvalue weighted by atomic mass is 35.5. The van der Waals surface area contributed by atoms with Crippen molar-refractivity contribution in [3.05, 3.63) is 71.4 Å². The second-order valence-corrected chi connectivity index (χ2v) is 4.83. The van der Waals surface area contributed by atoms with Crippen LogP contribution in [0, 0.1) is 0 Å². The summed E-state index contributed by atoms with van der Waals surface area (Å²) in [5, 5.41) is 12.1. The molecule has 3 rings (SSSR count). The molecule has 0 saturated heterocycles. The number of aromatic nitrogens is 3. The molecule has 0 aliphatic heterocycles. The Morgan fingerprint density at radius 2 is 1.75 bits per heavy atom. The van der Waals surface area contributed by atoms with Crippen molar-refractivity contribution < 1.29 is 0 Å². The third-order valence-electron chi connectivity index (χ3n) is 2.91. The van der Waals surface area contributed by atoms with E-state index in [2.05, 4.69) is 27.8 Å². The second-order valence-electron chi connectivity index (χ2n) is 4.39. The molecule has 5 heteroatoms. The minimum atomic E-state index is 0.677. The van der Waals surface area contributed by atoms with Crippen molar-refractivity contribution in [1.82, 2.24) is 15.0 Å². The van der Waals surface area contributed by atoms with Crippen LogP contribution < -0.4 is 5.32 Å². The van der Waals surface area contributed by atoms with Gasteiger partial charge in [-0.3, -0.25) is 0 Å². The highest BCUT2D eigenvalue weighted by Gasteiger charge is 2.04. The summed E-state index contributed by atoms with van der Waals surface area (Å²) in [4.78, 5) is 0. The van der Waals surface area contributed by atoms with Crippen molar-refractivity contribution in [2.75, 3.05) is 5.32 Å². The van der Waals surface area contributed by atoms with Gasteiger partial charge < -0.3 is 5.32 Å². The van der Waals surface area contributed by atoms with Crippen LogP contribution in [-0.2, 0) is 6.54 Å². The molecular formula is C15H13ClN4. The largest absolute Gasteiger partial charge is 0.339 e. The van der Waals surface area contributed by atoms with Gasteiger partial charge in [0.25, 0.3) is 0 Å². The average Bonchev–Trinajstić information content (AvgIpc) is 2.90. The smallest absolute Gasteiger partial charge is 0.149 e. The first-order valence-corrected chi connectivity index (χ1v) is 6.64. The molecule has 2 aromatic carbocycles. The number of halogens is 1. The molecule has 20 heavy (non-hydrogen) atoms. The molecule has 3 aromatic rings. The monoisotopic (exact) mass is 284 g/mol. The Balaban J connectivity index is 1.78. The summed E-state index contributed by atoms with van der Waals surface area (Å²) in [6.07, 6.45) is 1.71. The molecule has 1 N–H and O–H groups in total. The predicted octanol–water partition coefficient (Wildman–Crippen LogP) is 3.72. The van der Waals surface area contributed by atoms with Crippen molar-refractivity contribution >= 4 is 23.1 Å². The molecule has 0 aliphatic carbocycles. The molecule has 0 atom stereocenters. The standard InChI is InChI=1S/C15H13ClN4/c16-13-6-8-14(9-7-13)18-15-10-17-19-20(15)11-12-4-2-1-3-5-12/h1-10,18H,11H2. The fourth-order valence-corrected chi connectivity index (χ4v) is 2.03. The Labute approximate surface area is 122 Å². The van der Waals surface area contributed by atoms with Crippen molar-refractivity contribution in [3.63, 3.8) is 0 Å². The van der Waals surface area contributed by atoms with E-state index in [9.17, 15) is 0 Å². The SMILES string of the molecule is Clc1ccc(Nc2cnnn2Cc2ccccc2)cc1. The van der Waals surface area contributed by atoms with Gasteiger partial charge in [0.1, 0.15) is 5.82 Å². The zero-order chi connectivity index (χ0) is 13.8. The summed E-state index contributed by atoms with van der Waals surface area (Å²) >= 11 is 5.87. The Morgan fingerprint density at radius 3 is 2.50 bits per heavy atom. The van der Waals surface area contributed by atoms with E-state index >= 15 is 0 Å². The lowest BCUT2D eigenvalue weighted by Crippen LogP contribution is -2.06. The van der Waals surface area contributed by atoms with E-state index in [1.165, 1.54) is 5.56 Å². The van der Waals surface area contributed by atoms with E-state index in [1.54, 1.807) is 6.20 Å². The van der Waals surface area contributed by atoms with Gasteiger partial charge in [0.2, 0.25) is 0 Å². The van der Waals surface area contributed by atoms with Crippen molar-refractivity contribution in [3.8, 4) is 0 Å². The van der Waals surface area contributed by atoms with Gasteiger partial charge >= 0.3 is 0 Å². The number of rotatable bonds is 4. The normalized spacial score (nSPS) is 10.4. The van der Waals surface area contributed by atoms with Crippen LogP contribution in [0.25, 0.3) is 0 Å². The van der Waals surface area contributed by atoms with E-state index in [0.717, 1.165) is 11.5 Å². The summed E-state index contributed by atoms with van der Waals surface area (Å²) in [5.41, 5.74) is 2.13. The molecule has 0 saturated carbocycles. The van der Waals surface area contributed by atoms with Gasteiger partial charge in [-0.1, -0.05) is 47.1 Å². The minimum absolute atomic E-state index is 0.677. The molecule has 0 unspecified atom stereocenters. The van der Waals surface area contributed by atoms with Gasteiger partial charge in [0.05, 0.1) is 12.7 Å². The zero-order valence-corrected chi connectivity index (χ0v) is 11.5. The molecule has 0 amide bonds. The number of hydrogen-bond donors (Lipinski definition) is 1. The first kappa shape index (κ1) is 12.7. The molecule has 0 fully saturated rings. The molecule has 0 bridgehead atoms. The summed E-state index contributed by atoms with van der Waals surface area (Å²) < 4.78 is 1.82. The lowest BCUT2D eigenvalue weighted by atomic mass is 10.2. The van der Waals surface area contributed by atoms with Gasteiger partial charge in [0, 0.05) is 10.7 Å². The van der Waals surface area contributed by atoms with Gasteiger partial charge in [0.15, 0.2) is 0 Å². The van der Waals surface area contributed by atoms with Crippen molar-refractivity contribution in [2.24, 2.45) is 0 Å². The lowest BCUT2D eigenvalue weighted by molar-refractivity contribution is 0.656. The number of nitrogens with zero attached hydrogens (tertiary/aromatic N) is 3. The van der Waals surface area contributed by atoms with Crippen LogP contribution in [0.2, 0.25) is 5.02 Å². The minimum Gasteiger partial charge on any atom is -0.339 e. The van der Waals surface area contributed by atoms with Crippen LogP contribution in [0.1, 0.15) is 5.56 Å². The lowest BCUT2D eigenvalue weighted by Gasteiger charge is -2.08. The van der Waals surface area contributed by atoms with E-state index in [1.807, 2.05) is 47.1 Å². The number of benzene rings is 2. The highest BCUT2D eigenvalue weighted by Crippen LogP contribution is 2.18. The third-order valence-corrected chi connectivity index (χ3v) is 3.16. The average molecular weight is 285 g/mol. The highest BCUT2D eigenvalue weighted by molar-refractivity contribution is 6.30. The second kappa shape index (κ2) is 5.75. The maximum Gasteiger partial charge on any atom is 0.149 e. The van der Waals surface area contributed by atoms with E-state index in [-0.39, 0.29) is 0 Å². The number of hydrogen-bond acceptors (Lipinski definition) is 3. The molecule has 1 aromatic heterocycles. The molecular weight excluding hydrogens is 272 g/mol. The van der Waals surface area contributed by atoms with Crippen LogP contribution in [-0.4, -0.2) is 15.0 Å². The topological polar surface area (TPSA) is 42.7 Å². The quantitative estimate of drug-likeness (QED) is 0.794. The zero-order valence-electron chi connectivity index (χ0n) is 10.7. The maximum atomic E-state index is 5.87. The van der Waals surface area contributed by atoms with Crippen molar-refractivity contribution in [2.45, 2.75) is 6.54 Å². The molecule has 100 valence electrons. The number of nitrogens with one attached hydrogen (secondary N) is 1. The van der Waals surface area contributed by atoms with Gasteiger partial charge in [-0.2, -0.15) is 0 Å². The van der Waals surface area contributed by atoms with Gasteiger partial charge in [-0.15, -0.1) is 5.10 Å². The first-order valence-electron chi connectivity index (χ1n) is 6.26. The molecule has 0 spiro atoms. The van der Waals surface area contributed by atoms with E-state index in [4.69, 9.17) is 11.6 Å². The van der Waals surface area contributed by atoms with Crippen LogP contribution in [0.15, 0.2) is 60.8 Å². The van der Waals surface area contributed by atoms with E-state index in [0.29, 0.717) is 11.6 Å². The van der Waals surface area contributed by atoms with Crippen molar-refractivity contribution in [1.29, 1.82) is 0 Å². The fraction of sp³-hybridized carbons (Fsp3) is 0.0667.